The van der Waals surface area contributed by atoms with Crippen molar-refractivity contribution >= 4 is 11.3 Å². The predicted molar refractivity (Wildman–Crippen MR) is 125 cm³/mol. The van der Waals surface area contributed by atoms with E-state index in [1.54, 1.807) is 0 Å². The lowest BCUT2D eigenvalue weighted by Crippen LogP contribution is -2.30. The number of fused-ring (bicyclic) bond motifs is 1. The lowest BCUT2D eigenvalue weighted by Gasteiger charge is -2.27. The molecule has 4 heteroatoms. The Morgan fingerprint density at radius 3 is 2.43 bits per heavy atom. The minimum Gasteiger partial charge on any atom is -0.398 e. The zero-order valence-electron chi connectivity index (χ0n) is 18.3. The van der Waals surface area contributed by atoms with Crippen molar-refractivity contribution in [3.05, 3.63) is 89.2 Å². The average molecular weight is 399 g/mol. The maximum Gasteiger partial charge on any atom is 0.137 e. The van der Waals surface area contributed by atoms with Crippen molar-refractivity contribution in [1.29, 1.82) is 0 Å². The van der Waals surface area contributed by atoms with Crippen LogP contribution < -0.4 is 5.73 Å². The molecule has 0 unspecified atom stereocenters. The number of hydrogen-bond donors (Lipinski definition) is 1. The van der Waals surface area contributed by atoms with Gasteiger partial charge in [-0.05, 0) is 51.0 Å². The summed E-state index contributed by atoms with van der Waals surface area (Å²) >= 11 is 0. The highest BCUT2D eigenvalue weighted by atomic mass is 15.2. The first-order valence-electron chi connectivity index (χ1n) is 10.5. The van der Waals surface area contributed by atoms with Crippen LogP contribution in [-0.2, 0) is 13.1 Å². The zero-order chi connectivity index (χ0) is 21.3. The second kappa shape index (κ2) is 8.33. The second-order valence-electron chi connectivity index (χ2n) is 8.40. The van der Waals surface area contributed by atoms with Gasteiger partial charge in [0.2, 0.25) is 0 Å². The molecular formula is C26H30N4. The van der Waals surface area contributed by atoms with Crippen molar-refractivity contribution in [2.45, 2.75) is 46.8 Å². The summed E-state index contributed by atoms with van der Waals surface area (Å²) in [6, 6.07) is 21.5. The Morgan fingerprint density at radius 2 is 1.73 bits per heavy atom. The molecule has 0 aliphatic rings. The predicted octanol–water partition coefficient (Wildman–Crippen LogP) is 5.61. The average Bonchev–Trinajstić information content (AvgIpc) is 3.05. The van der Waals surface area contributed by atoms with Crippen LogP contribution in [0.25, 0.3) is 16.9 Å². The van der Waals surface area contributed by atoms with Gasteiger partial charge in [0.05, 0.1) is 11.4 Å². The van der Waals surface area contributed by atoms with Crippen LogP contribution in [0.1, 0.15) is 36.2 Å². The maximum atomic E-state index is 6.14. The minimum atomic E-state index is 0.392. The van der Waals surface area contributed by atoms with Gasteiger partial charge in [-0.3, -0.25) is 4.90 Å². The van der Waals surface area contributed by atoms with Crippen LogP contribution in [0.3, 0.4) is 0 Å². The fourth-order valence-electron chi connectivity index (χ4n) is 3.99. The number of benzene rings is 2. The number of nitrogen functional groups attached to an aromatic ring is 1. The van der Waals surface area contributed by atoms with Crippen molar-refractivity contribution in [3.8, 4) is 11.3 Å². The first kappa shape index (κ1) is 20.2. The molecule has 0 radical (unpaired) electrons. The molecule has 0 spiro atoms. The van der Waals surface area contributed by atoms with Crippen molar-refractivity contribution in [1.82, 2.24) is 14.3 Å². The second-order valence-corrected chi connectivity index (χ2v) is 8.40. The molecule has 2 N–H and O–H groups in total. The molecule has 0 saturated carbocycles. The van der Waals surface area contributed by atoms with Crippen LogP contribution in [0, 0.1) is 13.8 Å². The number of aryl methyl sites for hydroxylation is 2. The van der Waals surface area contributed by atoms with Crippen LogP contribution in [0.5, 0.6) is 0 Å². The summed E-state index contributed by atoms with van der Waals surface area (Å²) < 4.78 is 2.16. The Labute approximate surface area is 179 Å². The summed E-state index contributed by atoms with van der Waals surface area (Å²) in [6.07, 6.45) is 1.99. The van der Waals surface area contributed by atoms with E-state index in [2.05, 4.69) is 85.5 Å². The molecule has 0 aliphatic heterocycles. The van der Waals surface area contributed by atoms with Crippen LogP contribution in [0.4, 0.5) is 5.69 Å². The Balaban J connectivity index is 1.82. The van der Waals surface area contributed by atoms with Gasteiger partial charge in [0.15, 0.2) is 0 Å². The normalized spacial score (nSPS) is 11.7. The molecule has 4 rings (SSSR count). The van der Waals surface area contributed by atoms with Crippen LogP contribution in [-0.4, -0.2) is 20.3 Å². The molecule has 0 saturated heterocycles. The van der Waals surface area contributed by atoms with Crippen molar-refractivity contribution in [3.63, 3.8) is 0 Å². The van der Waals surface area contributed by atoms with Gasteiger partial charge in [-0.1, -0.05) is 54.1 Å². The molecule has 4 aromatic rings. The number of anilines is 1. The largest absolute Gasteiger partial charge is 0.398 e. The summed E-state index contributed by atoms with van der Waals surface area (Å²) in [5.41, 5.74) is 15.0. The first-order valence-corrected chi connectivity index (χ1v) is 10.5. The molecule has 0 bridgehead atoms. The van der Waals surface area contributed by atoms with Crippen LogP contribution in [0.2, 0.25) is 0 Å². The lowest BCUT2D eigenvalue weighted by atomic mass is 10.0. The highest BCUT2D eigenvalue weighted by Crippen LogP contribution is 2.30. The minimum absolute atomic E-state index is 0.392. The Morgan fingerprint density at radius 1 is 0.967 bits per heavy atom. The SMILES string of the molecule is Cc1ccc(-c2nc3ccc(N)cn3c2CN(Cc2ccccc2)C(C)C)c(C)c1. The zero-order valence-corrected chi connectivity index (χ0v) is 18.3. The molecule has 154 valence electrons. The van der Waals surface area contributed by atoms with Crippen molar-refractivity contribution in [2.24, 2.45) is 0 Å². The number of pyridine rings is 1. The van der Waals surface area contributed by atoms with Crippen molar-refractivity contribution < 1.29 is 0 Å². The van der Waals surface area contributed by atoms with E-state index >= 15 is 0 Å². The van der Waals surface area contributed by atoms with Gasteiger partial charge < -0.3 is 10.1 Å². The molecule has 0 atom stereocenters. The van der Waals surface area contributed by atoms with Gasteiger partial charge in [-0.2, -0.15) is 0 Å². The van der Waals surface area contributed by atoms with Crippen LogP contribution >= 0.6 is 0 Å². The smallest absolute Gasteiger partial charge is 0.137 e. The third-order valence-corrected chi connectivity index (χ3v) is 5.69. The van der Waals surface area contributed by atoms with Gasteiger partial charge >= 0.3 is 0 Å². The van der Waals surface area contributed by atoms with E-state index < -0.39 is 0 Å². The Kier molecular flexibility index (Phi) is 5.60. The quantitative estimate of drug-likeness (QED) is 0.459. The molecular weight excluding hydrogens is 368 g/mol. The number of hydrogen-bond acceptors (Lipinski definition) is 3. The third kappa shape index (κ3) is 4.10. The number of rotatable bonds is 6. The van der Waals surface area contributed by atoms with E-state index in [4.69, 9.17) is 10.7 Å². The summed E-state index contributed by atoms with van der Waals surface area (Å²) in [5, 5.41) is 0. The number of nitrogens with zero attached hydrogens (tertiary/aromatic N) is 3. The molecule has 2 aromatic carbocycles. The molecule has 0 aliphatic carbocycles. The Hall–Kier alpha value is -3.11. The van der Waals surface area contributed by atoms with Gasteiger partial charge in [0.1, 0.15) is 5.65 Å². The topological polar surface area (TPSA) is 46.6 Å². The van der Waals surface area contributed by atoms with E-state index in [0.29, 0.717) is 6.04 Å². The van der Waals surface area contributed by atoms with Gasteiger partial charge in [0, 0.05) is 36.6 Å². The number of imidazole rings is 1. The van der Waals surface area contributed by atoms with Gasteiger partial charge in [0.25, 0.3) is 0 Å². The molecule has 0 amide bonds. The highest BCUT2D eigenvalue weighted by Gasteiger charge is 2.20. The van der Waals surface area contributed by atoms with Gasteiger partial charge in [-0.25, -0.2) is 4.98 Å². The van der Waals surface area contributed by atoms with E-state index in [1.165, 1.54) is 27.9 Å². The van der Waals surface area contributed by atoms with E-state index in [0.717, 1.165) is 30.1 Å². The van der Waals surface area contributed by atoms with E-state index in [-0.39, 0.29) is 0 Å². The van der Waals surface area contributed by atoms with E-state index in [1.807, 2.05) is 18.3 Å². The van der Waals surface area contributed by atoms with Crippen molar-refractivity contribution in [2.75, 3.05) is 5.73 Å². The van der Waals surface area contributed by atoms with Gasteiger partial charge in [-0.15, -0.1) is 0 Å². The molecule has 30 heavy (non-hydrogen) atoms. The Bertz CT molecular complexity index is 1160. The number of aromatic nitrogens is 2. The molecule has 0 fully saturated rings. The summed E-state index contributed by atoms with van der Waals surface area (Å²) in [6.45, 7) is 10.5. The highest BCUT2D eigenvalue weighted by molar-refractivity contribution is 5.70. The maximum absolute atomic E-state index is 6.14. The summed E-state index contributed by atoms with van der Waals surface area (Å²) in [4.78, 5) is 7.50. The fraction of sp³-hybridized carbons (Fsp3) is 0.269. The summed E-state index contributed by atoms with van der Waals surface area (Å²) in [5.74, 6) is 0. The summed E-state index contributed by atoms with van der Waals surface area (Å²) in [7, 11) is 0. The molecule has 4 nitrogen and oxygen atoms in total. The lowest BCUT2D eigenvalue weighted by molar-refractivity contribution is 0.201. The standard InChI is InChI=1S/C26H30N4/c1-18(2)29(15-21-8-6-5-7-9-21)17-24-26(23-12-10-19(3)14-20(23)4)28-25-13-11-22(27)16-30(24)25/h5-14,16,18H,15,17,27H2,1-4H3. The monoisotopic (exact) mass is 398 g/mol. The van der Waals surface area contributed by atoms with E-state index in [9.17, 15) is 0 Å². The third-order valence-electron chi connectivity index (χ3n) is 5.69. The molecule has 2 heterocycles. The van der Waals surface area contributed by atoms with Crippen LogP contribution in [0.15, 0.2) is 66.9 Å². The first-order chi connectivity index (χ1) is 14.4. The fourth-order valence-corrected chi connectivity index (χ4v) is 3.99. The number of nitrogens with two attached hydrogens (primary N) is 1. The molecule has 2 aromatic heterocycles.